The first-order chi connectivity index (χ1) is 13.9. The van der Waals surface area contributed by atoms with Crippen molar-refractivity contribution in [2.24, 2.45) is 5.92 Å². The highest BCUT2D eigenvalue weighted by molar-refractivity contribution is 6.31. The second-order valence-electron chi connectivity index (χ2n) is 7.47. The lowest BCUT2D eigenvalue weighted by atomic mass is 9.95. The van der Waals surface area contributed by atoms with Gasteiger partial charge in [0, 0.05) is 41.2 Å². The summed E-state index contributed by atoms with van der Waals surface area (Å²) < 4.78 is 5.79. The molecule has 1 aliphatic rings. The van der Waals surface area contributed by atoms with Crippen molar-refractivity contribution in [3.05, 3.63) is 58.4 Å². The molecule has 0 atom stereocenters. The van der Waals surface area contributed by atoms with E-state index in [4.69, 9.17) is 16.0 Å². The van der Waals surface area contributed by atoms with Gasteiger partial charge in [0.15, 0.2) is 5.76 Å². The van der Waals surface area contributed by atoms with Gasteiger partial charge in [0.05, 0.1) is 0 Å². The van der Waals surface area contributed by atoms with Gasteiger partial charge >= 0.3 is 0 Å². The number of halogens is 1. The topological polar surface area (TPSA) is 75.4 Å². The quantitative estimate of drug-likeness (QED) is 0.684. The van der Waals surface area contributed by atoms with Crippen molar-refractivity contribution >= 4 is 40.2 Å². The molecule has 29 heavy (non-hydrogen) atoms. The van der Waals surface area contributed by atoms with Crippen molar-refractivity contribution in [2.75, 3.05) is 18.4 Å². The molecule has 3 aromatic rings. The monoisotopic (exact) mass is 411 g/mol. The van der Waals surface area contributed by atoms with E-state index in [0.717, 1.165) is 16.5 Å². The van der Waals surface area contributed by atoms with Crippen LogP contribution in [0.3, 0.4) is 0 Å². The molecule has 0 spiro atoms. The van der Waals surface area contributed by atoms with Gasteiger partial charge in [0.2, 0.25) is 5.91 Å². The molecule has 1 aromatic carbocycles. The van der Waals surface area contributed by atoms with E-state index in [1.54, 1.807) is 29.3 Å². The number of rotatable bonds is 3. The summed E-state index contributed by atoms with van der Waals surface area (Å²) in [6.07, 6.45) is 2.93. The molecular weight excluding hydrogens is 390 g/mol. The molecule has 0 radical (unpaired) electrons. The van der Waals surface area contributed by atoms with E-state index < -0.39 is 0 Å². The Balaban J connectivity index is 1.40. The summed E-state index contributed by atoms with van der Waals surface area (Å²) in [7, 11) is 0. The van der Waals surface area contributed by atoms with Crippen molar-refractivity contribution in [1.29, 1.82) is 0 Å². The first-order valence-electron chi connectivity index (χ1n) is 9.64. The molecule has 7 heteroatoms. The Kier molecular flexibility index (Phi) is 5.28. The van der Waals surface area contributed by atoms with E-state index in [0.29, 0.717) is 48.1 Å². The number of hydrogen-bond acceptors (Lipinski definition) is 4. The van der Waals surface area contributed by atoms with Crippen LogP contribution in [0.25, 0.3) is 11.0 Å². The van der Waals surface area contributed by atoms with Crippen LogP contribution in [0.5, 0.6) is 0 Å². The maximum Gasteiger partial charge on any atom is 0.289 e. The normalized spacial score (nSPS) is 14.9. The second kappa shape index (κ2) is 7.87. The van der Waals surface area contributed by atoms with Crippen LogP contribution in [-0.4, -0.2) is 34.8 Å². The number of amides is 2. The molecule has 150 valence electrons. The average molecular weight is 412 g/mol. The summed E-state index contributed by atoms with van der Waals surface area (Å²) in [6, 6.07) is 9.03. The van der Waals surface area contributed by atoms with Crippen LogP contribution in [0.2, 0.25) is 5.02 Å². The van der Waals surface area contributed by atoms with E-state index in [1.807, 2.05) is 26.0 Å². The number of pyridine rings is 1. The third-order valence-electron chi connectivity index (χ3n) is 5.41. The van der Waals surface area contributed by atoms with Crippen molar-refractivity contribution < 1.29 is 14.0 Å². The van der Waals surface area contributed by atoms with Gasteiger partial charge in [-0.25, -0.2) is 4.98 Å². The number of aryl methyl sites for hydroxylation is 2. The Morgan fingerprint density at radius 3 is 2.62 bits per heavy atom. The first kappa shape index (κ1) is 19.5. The van der Waals surface area contributed by atoms with Crippen LogP contribution >= 0.6 is 11.6 Å². The number of likely N-dealkylation sites (tertiary alicyclic amines) is 1. The Bertz CT molecular complexity index is 1070. The highest BCUT2D eigenvalue weighted by Gasteiger charge is 2.30. The van der Waals surface area contributed by atoms with Gasteiger partial charge in [-0.3, -0.25) is 9.59 Å². The lowest BCUT2D eigenvalue weighted by molar-refractivity contribution is -0.121. The van der Waals surface area contributed by atoms with Gasteiger partial charge in [0.1, 0.15) is 11.4 Å². The lowest BCUT2D eigenvalue weighted by Crippen LogP contribution is -2.41. The van der Waals surface area contributed by atoms with Crippen molar-refractivity contribution in [1.82, 2.24) is 9.88 Å². The highest BCUT2D eigenvalue weighted by Crippen LogP contribution is 2.30. The predicted octanol–water partition coefficient (Wildman–Crippen LogP) is 4.59. The highest BCUT2D eigenvalue weighted by atomic mass is 35.5. The maximum atomic E-state index is 13.0. The summed E-state index contributed by atoms with van der Waals surface area (Å²) in [5.74, 6) is 0.555. The number of nitrogens with zero attached hydrogens (tertiary/aromatic N) is 2. The molecule has 4 rings (SSSR count). The van der Waals surface area contributed by atoms with Gasteiger partial charge in [-0.05, 0) is 56.5 Å². The van der Waals surface area contributed by atoms with Gasteiger partial charge in [-0.2, -0.15) is 0 Å². The largest absolute Gasteiger partial charge is 0.451 e. The number of nitrogens with one attached hydrogen (secondary N) is 1. The van der Waals surface area contributed by atoms with E-state index >= 15 is 0 Å². The molecule has 0 bridgehead atoms. The van der Waals surface area contributed by atoms with E-state index in [-0.39, 0.29) is 17.7 Å². The number of hydrogen-bond donors (Lipinski definition) is 1. The minimum Gasteiger partial charge on any atom is -0.451 e. The molecule has 0 aliphatic carbocycles. The fourth-order valence-electron chi connectivity index (χ4n) is 3.66. The number of carbonyl (C=O) groups is 2. The molecule has 3 heterocycles. The smallest absolute Gasteiger partial charge is 0.289 e. The third-order valence-corrected chi connectivity index (χ3v) is 5.64. The van der Waals surface area contributed by atoms with Crippen LogP contribution in [0.15, 0.2) is 40.9 Å². The zero-order valence-electron chi connectivity index (χ0n) is 16.4. The van der Waals surface area contributed by atoms with E-state index in [9.17, 15) is 9.59 Å². The minimum atomic E-state index is -0.145. The van der Waals surface area contributed by atoms with E-state index in [2.05, 4.69) is 10.3 Å². The second-order valence-corrected chi connectivity index (χ2v) is 7.91. The Morgan fingerprint density at radius 1 is 1.17 bits per heavy atom. The van der Waals surface area contributed by atoms with Gasteiger partial charge in [0.25, 0.3) is 5.91 Å². The fraction of sp³-hybridized carbons (Fsp3) is 0.318. The Hall–Kier alpha value is -2.86. The van der Waals surface area contributed by atoms with Crippen LogP contribution in [0, 0.1) is 19.8 Å². The number of fused-ring (bicyclic) bond motifs is 1. The summed E-state index contributed by atoms with van der Waals surface area (Å²) >= 11 is 6.06. The van der Waals surface area contributed by atoms with Crippen molar-refractivity contribution in [3.8, 4) is 0 Å². The molecule has 0 saturated carbocycles. The maximum absolute atomic E-state index is 13.0. The van der Waals surface area contributed by atoms with Gasteiger partial charge in [-0.15, -0.1) is 0 Å². The van der Waals surface area contributed by atoms with Gasteiger partial charge < -0.3 is 14.6 Å². The number of piperidine rings is 1. The molecular formula is C22H22ClN3O3. The summed E-state index contributed by atoms with van der Waals surface area (Å²) in [6.45, 7) is 4.83. The van der Waals surface area contributed by atoms with Gasteiger partial charge in [-0.1, -0.05) is 17.7 Å². The number of aromatic nitrogens is 1. The number of carbonyl (C=O) groups excluding carboxylic acids is 2. The van der Waals surface area contributed by atoms with Crippen LogP contribution < -0.4 is 5.32 Å². The molecule has 1 N–H and O–H groups in total. The third kappa shape index (κ3) is 3.98. The lowest BCUT2D eigenvalue weighted by Gasteiger charge is -2.30. The molecule has 6 nitrogen and oxygen atoms in total. The number of furan rings is 1. The predicted molar refractivity (Wildman–Crippen MR) is 112 cm³/mol. The zero-order valence-corrected chi connectivity index (χ0v) is 17.1. The summed E-state index contributed by atoms with van der Waals surface area (Å²) in [5.41, 5.74) is 2.48. The first-order valence-corrected chi connectivity index (χ1v) is 10.0. The van der Waals surface area contributed by atoms with Crippen LogP contribution in [0.4, 0.5) is 5.82 Å². The molecule has 2 amide bonds. The van der Waals surface area contributed by atoms with E-state index in [1.165, 1.54) is 0 Å². The Morgan fingerprint density at radius 2 is 1.93 bits per heavy atom. The molecule has 1 aliphatic heterocycles. The van der Waals surface area contributed by atoms with Crippen molar-refractivity contribution in [3.63, 3.8) is 0 Å². The SMILES string of the molecule is Cc1ccc(NC(=O)C2CCN(C(=O)c3oc4ccc(Cl)cc4c3C)CC2)nc1. The summed E-state index contributed by atoms with van der Waals surface area (Å²) in [4.78, 5) is 31.4. The minimum absolute atomic E-state index is 0.0528. The Labute approximate surface area is 173 Å². The molecule has 1 saturated heterocycles. The van der Waals surface area contributed by atoms with Crippen molar-refractivity contribution in [2.45, 2.75) is 26.7 Å². The standard InChI is InChI=1S/C22H22ClN3O3/c1-13-3-6-19(24-12-13)25-21(27)15-7-9-26(10-8-15)22(28)20-14(2)17-11-16(23)4-5-18(17)29-20/h3-6,11-12,15H,7-10H2,1-2H3,(H,24,25,27). The molecule has 0 unspecified atom stereocenters. The zero-order chi connectivity index (χ0) is 20.5. The fourth-order valence-corrected chi connectivity index (χ4v) is 3.83. The van der Waals surface area contributed by atoms with Crippen LogP contribution in [0.1, 0.15) is 34.5 Å². The number of benzene rings is 1. The number of anilines is 1. The average Bonchev–Trinajstić information content (AvgIpc) is 3.05. The molecule has 2 aromatic heterocycles. The molecule has 1 fully saturated rings. The van der Waals surface area contributed by atoms with Crippen LogP contribution in [-0.2, 0) is 4.79 Å². The summed E-state index contributed by atoms with van der Waals surface area (Å²) in [5, 5.41) is 4.32.